The highest BCUT2D eigenvalue weighted by Gasteiger charge is 2.42. The van der Waals surface area contributed by atoms with Gasteiger partial charge in [-0.3, -0.25) is 13.9 Å². The van der Waals surface area contributed by atoms with Crippen molar-refractivity contribution >= 4 is 43.4 Å². The van der Waals surface area contributed by atoms with Crippen molar-refractivity contribution < 1.29 is 40.4 Å². The molecule has 2 aliphatic heterocycles. The number of unbranched alkanes of at least 4 members (excludes halogenated alkanes) is 2. The topological polar surface area (TPSA) is 166 Å². The minimum atomic E-state index is -4.38. The van der Waals surface area contributed by atoms with Gasteiger partial charge in [-0.1, -0.05) is 38.5 Å². The lowest BCUT2D eigenvalue weighted by atomic mass is 9.82. The summed E-state index contributed by atoms with van der Waals surface area (Å²) >= 11 is 0. The number of hydrogen-bond donors (Lipinski definition) is 3. The Balaban J connectivity index is 1.56. The first-order chi connectivity index (χ1) is 21.4. The van der Waals surface area contributed by atoms with Crippen molar-refractivity contribution in [1.29, 1.82) is 0 Å². The number of rotatable bonds is 14. The molecule has 4 rings (SSSR count). The number of hydrogen-bond acceptors (Lipinski definition) is 7. The maximum absolute atomic E-state index is 11.9. The van der Waals surface area contributed by atoms with E-state index in [-0.39, 0.29) is 28.9 Å². The van der Waals surface area contributed by atoms with E-state index in [4.69, 9.17) is 14.7 Å². The molecule has 2 aromatic rings. The zero-order chi connectivity index (χ0) is 33.9. The highest BCUT2D eigenvalue weighted by molar-refractivity contribution is 7.86. The summed E-state index contributed by atoms with van der Waals surface area (Å²) in [4.78, 5) is 17.7. The van der Waals surface area contributed by atoms with E-state index in [0.29, 0.717) is 19.5 Å². The summed E-state index contributed by atoms with van der Waals surface area (Å²) in [6.07, 6.45) is 13.9. The molecule has 1 aromatic heterocycles. The van der Waals surface area contributed by atoms with Gasteiger partial charge in [-0.05, 0) is 79.7 Å². The summed E-state index contributed by atoms with van der Waals surface area (Å²) in [5.74, 6) is -0.396. The largest absolute Gasteiger partial charge is 0.481 e. The molecule has 0 fully saturated rings. The smallest absolute Gasteiger partial charge is 0.327 e. The number of benzene rings is 1. The summed E-state index contributed by atoms with van der Waals surface area (Å²) in [6, 6.07) is 8.52. The molecule has 248 valence electrons. The number of carboxylic acid groups (broad SMARTS) is 1. The van der Waals surface area contributed by atoms with Gasteiger partial charge in [0.05, 0.1) is 34.4 Å². The van der Waals surface area contributed by atoms with Crippen LogP contribution in [0.2, 0.25) is 0 Å². The number of anilines is 1. The Bertz CT molecular complexity index is 1840. The summed E-state index contributed by atoms with van der Waals surface area (Å²) in [5.41, 5.74) is 3.44. The molecule has 2 aliphatic rings. The fourth-order valence-corrected chi connectivity index (χ4v) is 7.03. The van der Waals surface area contributed by atoms with Gasteiger partial charge in [0.25, 0.3) is 20.2 Å². The first-order valence-electron chi connectivity index (χ1n) is 15.2. The van der Waals surface area contributed by atoms with Gasteiger partial charge in [0.2, 0.25) is 0 Å². The molecule has 0 atom stereocenters. The van der Waals surface area contributed by atoms with Gasteiger partial charge in [0.1, 0.15) is 0 Å². The van der Waals surface area contributed by atoms with Crippen molar-refractivity contribution in [3.8, 4) is 0 Å². The molecule has 0 spiro atoms. The van der Waals surface area contributed by atoms with Crippen LogP contribution in [0.15, 0.2) is 82.5 Å². The molecule has 3 N–H and O–H groups in total. The third-order valence-electron chi connectivity index (χ3n) is 8.55. The van der Waals surface area contributed by atoms with E-state index in [0.717, 1.165) is 46.9 Å². The van der Waals surface area contributed by atoms with Crippen LogP contribution in [0.4, 0.5) is 11.5 Å². The maximum atomic E-state index is 11.9. The molecule has 0 saturated heterocycles. The molecular formula is C33H42N3O8S2+. The van der Waals surface area contributed by atoms with Gasteiger partial charge in [0.15, 0.2) is 5.71 Å². The quantitative estimate of drug-likeness (QED) is 0.104. The molecule has 13 heteroatoms. The maximum Gasteiger partial charge on any atom is 0.327 e. The molecule has 1 aromatic carbocycles. The SMILES string of the molecule is CC1(C)C(=CC=CC=CC2=Nc3c(ccc[n+]3CCCS(=O)(=O)O)C2(C)C)N(CCCCCC(=O)O)c2ccc(S(=O)(=O)O)cc21. The fourth-order valence-electron chi connectivity index (χ4n) is 6.03. The Morgan fingerprint density at radius 1 is 0.935 bits per heavy atom. The number of carboxylic acids is 1. The van der Waals surface area contributed by atoms with Crippen molar-refractivity contribution in [3.63, 3.8) is 0 Å². The number of pyridine rings is 1. The molecule has 0 amide bonds. The van der Waals surface area contributed by atoms with Gasteiger partial charge in [0, 0.05) is 36.2 Å². The van der Waals surface area contributed by atoms with Crippen LogP contribution in [0, 0.1) is 0 Å². The first kappa shape index (κ1) is 35.2. The zero-order valence-corrected chi connectivity index (χ0v) is 28.2. The predicted octanol–water partition coefficient (Wildman–Crippen LogP) is 5.30. The Morgan fingerprint density at radius 3 is 2.35 bits per heavy atom. The number of allylic oxidation sites excluding steroid dienone is 6. The molecule has 11 nitrogen and oxygen atoms in total. The number of carbonyl (C=O) groups is 1. The molecule has 3 heterocycles. The first-order valence-corrected chi connectivity index (χ1v) is 18.2. The summed E-state index contributed by atoms with van der Waals surface area (Å²) in [6.45, 7) is 9.15. The zero-order valence-electron chi connectivity index (χ0n) is 26.5. The fraction of sp³-hybridized carbons (Fsp3) is 0.424. The second-order valence-corrected chi connectivity index (χ2v) is 15.6. The van der Waals surface area contributed by atoms with Crippen molar-refractivity contribution in [2.45, 2.75) is 82.1 Å². The van der Waals surface area contributed by atoms with Gasteiger partial charge < -0.3 is 10.0 Å². The number of aryl methyl sites for hydroxylation is 1. The van der Waals surface area contributed by atoms with Gasteiger partial charge in [-0.15, -0.1) is 0 Å². The Hall–Kier alpha value is -3.65. The van der Waals surface area contributed by atoms with E-state index < -0.39 is 31.6 Å². The average molecular weight is 673 g/mol. The molecule has 0 bridgehead atoms. The lowest BCUT2D eigenvalue weighted by Gasteiger charge is -2.27. The molecule has 46 heavy (non-hydrogen) atoms. The monoisotopic (exact) mass is 672 g/mol. The van der Waals surface area contributed by atoms with Crippen molar-refractivity contribution in [2.24, 2.45) is 4.99 Å². The number of aromatic nitrogens is 1. The third-order valence-corrected chi connectivity index (χ3v) is 10.2. The number of aliphatic imine (C=N–C) groups is 1. The summed E-state index contributed by atoms with van der Waals surface area (Å²) in [5, 5.41) is 8.97. The van der Waals surface area contributed by atoms with E-state index in [9.17, 15) is 26.2 Å². The van der Waals surface area contributed by atoms with E-state index in [2.05, 4.69) is 18.7 Å². The van der Waals surface area contributed by atoms with Crippen LogP contribution in [-0.2, 0) is 42.4 Å². The Labute approximate surface area is 271 Å². The van der Waals surface area contributed by atoms with Crippen LogP contribution >= 0.6 is 0 Å². The molecule has 0 radical (unpaired) electrons. The van der Waals surface area contributed by atoms with E-state index in [1.54, 1.807) is 6.07 Å². The average Bonchev–Trinajstić information content (AvgIpc) is 3.33. The van der Waals surface area contributed by atoms with Crippen molar-refractivity contribution in [2.75, 3.05) is 17.2 Å². The molecular weight excluding hydrogens is 631 g/mol. The highest BCUT2D eigenvalue weighted by atomic mass is 32.2. The molecule has 0 saturated carbocycles. The lowest BCUT2D eigenvalue weighted by molar-refractivity contribution is -0.684. The van der Waals surface area contributed by atoms with Crippen LogP contribution in [0.3, 0.4) is 0 Å². The van der Waals surface area contributed by atoms with E-state index in [1.165, 1.54) is 12.1 Å². The van der Waals surface area contributed by atoms with Crippen molar-refractivity contribution in [3.05, 3.63) is 83.7 Å². The van der Waals surface area contributed by atoms with Gasteiger partial charge in [-0.25, -0.2) is 4.57 Å². The Morgan fingerprint density at radius 2 is 1.67 bits per heavy atom. The highest BCUT2D eigenvalue weighted by Crippen LogP contribution is 2.48. The second kappa shape index (κ2) is 13.6. The second-order valence-electron chi connectivity index (χ2n) is 12.6. The third kappa shape index (κ3) is 8.00. The summed E-state index contributed by atoms with van der Waals surface area (Å²) in [7, 11) is -8.42. The van der Waals surface area contributed by atoms with Crippen LogP contribution in [-0.4, -0.2) is 55.0 Å². The van der Waals surface area contributed by atoms with Crippen LogP contribution in [0.1, 0.15) is 70.9 Å². The lowest BCUT2D eigenvalue weighted by Crippen LogP contribution is -2.35. The minimum Gasteiger partial charge on any atom is -0.481 e. The number of aliphatic carboxylic acids is 1. The standard InChI is InChI=1S/C33H41N3O8S2/c1-32(2)25-13-11-19-35(20-12-22-45(39,40)41)31(25)34-28(32)14-7-5-8-15-29-33(3,4)26-23-24(46(42,43)44)17-18-27(26)36(29)21-10-6-9-16-30(37)38/h5,7-8,11,13-15,17-19,23H,6,9-10,12,16,20-22H2,1-4H3,(H2-,37,38,39,40,41,42,43,44)/p+1. The summed E-state index contributed by atoms with van der Waals surface area (Å²) < 4.78 is 66.8. The molecule has 0 unspecified atom stereocenters. The normalized spacial score (nSPS) is 18.0. The Kier molecular flexibility index (Phi) is 10.4. The minimum absolute atomic E-state index is 0.110. The predicted molar refractivity (Wildman–Crippen MR) is 177 cm³/mol. The van der Waals surface area contributed by atoms with E-state index in [1.807, 2.05) is 67.1 Å². The van der Waals surface area contributed by atoms with Gasteiger partial charge in [-0.2, -0.15) is 16.8 Å². The van der Waals surface area contributed by atoms with Gasteiger partial charge >= 0.3 is 11.8 Å². The van der Waals surface area contributed by atoms with Crippen LogP contribution in [0.5, 0.6) is 0 Å². The van der Waals surface area contributed by atoms with E-state index >= 15 is 0 Å². The number of fused-ring (bicyclic) bond motifs is 2. The number of nitrogens with zero attached hydrogens (tertiary/aromatic N) is 3. The molecule has 0 aliphatic carbocycles. The van der Waals surface area contributed by atoms with Crippen LogP contribution in [0.25, 0.3) is 0 Å². The van der Waals surface area contributed by atoms with Crippen LogP contribution < -0.4 is 9.47 Å². The van der Waals surface area contributed by atoms with Crippen molar-refractivity contribution in [1.82, 2.24) is 0 Å².